The lowest BCUT2D eigenvalue weighted by molar-refractivity contribution is -0.153. The Hall–Kier alpha value is -0.690. The van der Waals surface area contributed by atoms with E-state index in [0.29, 0.717) is 13.0 Å². The van der Waals surface area contributed by atoms with Crippen LogP contribution in [0, 0.1) is 0 Å². The molecule has 3 atom stereocenters. The summed E-state index contributed by atoms with van der Waals surface area (Å²) in [6.07, 6.45) is 15.2. The quantitative estimate of drug-likeness (QED) is 0.152. The molecule has 0 fully saturated rings. The Labute approximate surface area is 190 Å². The molecule has 0 aromatic carbocycles. The third-order valence-electron chi connectivity index (χ3n) is 5.59. The van der Waals surface area contributed by atoms with E-state index in [1.807, 2.05) is 6.92 Å². The molecule has 0 spiro atoms. The van der Waals surface area contributed by atoms with Crippen LogP contribution in [-0.4, -0.2) is 59.4 Å². The Morgan fingerprint density at radius 2 is 1.10 bits per heavy atom. The largest absolute Gasteiger partial charge is 0.463 e. The van der Waals surface area contributed by atoms with Gasteiger partial charge in [-0.25, -0.2) is 0 Å². The highest BCUT2D eigenvalue weighted by Crippen LogP contribution is 2.13. The summed E-state index contributed by atoms with van der Waals surface area (Å²) in [4.78, 5) is 11.3. The summed E-state index contributed by atoms with van der Waals surface area (Å²) >= 11 is 0. The zero-order chi connectivity index (χ0) is 23.2. The molecule has 0 rings (SSSR count). The second-order valence-corrected chi connectivity index (χ2v) is 8.73. The van der Waals surface area contributed by atoms with E-state index in [1.54, 1.807) is 0 Å². The van der Waals surface area contributed by atoms with Gasteiger partial charge in [0.15, 0.2) is 0 Å². The molecule has 0 aromatic heterocycles. The molecule has 0 aliphatic carbocycles. The summed E-state index contributed by atoms with van der Waals surface area (Å²) in [6, 6.07) is 0. The lowest BCUT2D eigenvalue weighted by Gasteiger charge is -2.22. The van der Waals surface area contributed by atoms with E-state index in [9.17, 15) is 20.1 Å². The van der Waals surface area contributed by atoms with Crippen molar-refractivity contribution in [1.82, 2.24) is 0 Å². The van der Waals surface area contributed by atoms with Crippen molar-refractivity contribution >= 4 is 5.97 Å². The summed E-state index contributed by atoms with van der Waals surface area (Å²) in [5.41, 5.74) is 0. The summed E-state index contributed by atoms with van der Waals surface area (Å²) in [5, 5.41) is 29.6. The first-order valence-electron chi connectivity index (χ1n) is 12.8. The Morgan fingerprint density at radius 1 is 0.645 bits per heavy atom. The van der Waals surface area contributed by atoms with Crippen molar-refractivity contribution in [2.75, 3.05) is 19.8 Å². The van der Waals surface area contributed by atoms with E-state index in [-0.39, 0.29) is 19.6 Å². The molecule has 0 heterocycles. The molecule has 0 aliphatic heterocycles. The molecule has 3 N–H and O–H groups in total. The van der Waals surface area contributed by atoms with Gasteiger partial charge in [-0.1, -0.05) is 97.3 Å². The van der Waals surface area contributed by atoms with Crippen LogP contribution in [0.1, 0.15) is 117 Å². The van der Waals surface area contributed by atoms with Crippen molar-refractivity contribution in [3.05, 3.63) is 0 Å². The highest BCUT2D eigenvalue weighted by Gasteiger charge is 2.25. The van der Waals surface area contributed by atoms with Gasteiger partial charge in [-0.3, -0.25) is 4.79 Å². The van der Waals surface area contributed by atoms with E-state index in [1.165, 1.54) is 77.0 Å². The van der Waals surface area contributed by atoms with Gasteiger partial charge in [-0.15, -0.1) is 0 Å². The molecular formula is C25H50O6. The summed E-state index contributed by atoms with van der Waals surface area (Å²) in [5.74, 6) is -0.419. The van der Waals surface area contributed by atoms with Crippen molar-refractivity contribution < 1.29 is 29.6 Å². The number of aliphatic hydroxyl groups is 3. The second kappa shape index (κ2) is 22.5. The highest BCUT2D eigenvalue weighted by molar-refractivity contribution is 5.69. The Bertz CT molecular complexity index is 390. The van der Waals surface area contributed by atoms with Gasteiger partial charge in [-0.05, 0) is 12.8 Å². The summed E-state index contributed by atoms with van der Waals surface area (Å²) in [6.45, 7) is 4.28. The van der Waals surface area contributed by atoms with Crippen LogP contribution in [0.5, 0.6) is 0 Å². The lowest BCUT2D eigenvalue weighted by atomic mass is 10.0. The van der Waals surface area contributed by atoms with Crippen LogP contribution in [0.4, 0.5) is 0 Å². The number of hydrogen-bond acceptors (Lipinski definition) is 6. The molecule has 0 bridgehead atoms. The van der Waals surface area contributed by atoms with Gasteiger partial charge < -0.3 is 24.8 Å². The van der Waals surface area contributed by atoms with Gasteiger partial charge in [0, 0.05) is 13.0 Å². The molecular weight excluding hydrogens is 396 g/mol. The highest BCUT2D eigenvalue weighted by atomic mass is 16.5. The summed E-state index contributed by atoms with van der Waals surface area (Å²) in [7, 11) is 0. The third kappa shape index (κ3) is 19.7. The van der Waals surface area contributed by atoms with Gasteiger partial charge in [0.2, 0.25) is 0 Å². The predicted molar refractivity (Wildman–Crippen MR) is 125 cm³/mol. The van der Waals surface area contributed by atoms with Crippen molar-refractivity contribution in [3.8, 4) is 0 Å². The van der Waals surface area contributed by atoms with Gasteiger partial charge >= 0.3 is 5.97 Å². The average molecular weight is 447 g/mol. The number of carbonyl (C=O) groups is 1. The van der Waals surface area contributed by atoms with E-state index in [2.05, 4.69) is 6.92 Å². The Morgan fingerprint density at radius 3 is 1.58 bits per heavy atom. The maximum absolute atomic E-state index is 11.3. The molecule has 31 heavy (non-hydrogen) atoms. The van der Waals surface area contributed by atoms with Crippen molar-refractivity contribution in [2.45, 2.75) is 135 Å². The van der Waals surface area contributed by atoms with E-state index in [4.69, 9.17) is 9.47 Å². The fraction of sp³-hybridized carbons (Fsp3) is 0.960. The lowest BCUT2D eigenvalue weighted by Crippen LogP contribution is -2.42. The second-order valence-electron chi connectivity index (χ2n) is 8.73. The van der Waals surface area contributed by atoms with Crippen LogP contribution in [0.2, 0.25) is 0 Å². The first kappa shape index (κ1) is 30.3. The molecule has 186 valence electrons. The normalized spacial score (nSPS) is 14.4. The van der Waals surface area contributed by atoms with Crippen LogP contribution in [0.25, 0.3) is 0 Å². The minimum atomic E-state index is -1.40. The molecule has 0 saturated carbocycles. The number of unbranched alkanes of at least 4 members (excludes halogenated alkanes) is 13. The van der Waals surface area contributed by atoms with Crippen LogP contribution >= 0.6 is 0 Å². The monoisotopic (exact) mass is 446 g/mol. The standard InChI is InChI=1S/C25H50O6/c1-3-5-6-7-8-9-10-11-12-13-14-15-16-17-19-30-20-22(26)25(29)23(27)21-31-24(28)18-4-2/h22-23,25-27,29H,3-21H2,1-2H3. The number of esters is 1. The zero-order valence-corrected chi connectivity index (χ0v) is 20.2. The SMILES string of the molecule is CCCCCCCCCCCCCCCCOCC(O)C(O)C(O)COC(=O)CCC. The number of aliphatic hydroxyl groups excluding tert-OH is 3. The average Bonchev–Trinajstić information content (AvgIpc) is 2.76. The van der Waals surface area contributed by atoms with Crippen LogP contribution in [-0.2, 0) is 14.3 Å². The fourth-order valence-corrected chi connectivity index (χ4v) is 3.51. The molecule has 3 unspecified atom stereocenters. The van der Waals surface area contributed by atoms with E-state index in [0.717, 1.165) is 12.8 Å². The van der Waals surface area contributed by atoms with Crippen molar-refractivity contribution in [1.29, 1.82) is 0 Å². The van der Waals surface area contributed by atoms with E-state index < -0.39 is 24.3 Å². The smallest absolute Gasteiger partial charge is 0.305 e. The number of rotatable bonds is 23. The van der Waals surface area contributed by atoms with Crippen LogP contribution in [0.3, 0.4) is 0 Å². The van der Waals surface area contributed by atoms with Gasteiger partial charge in [0.1, 0.15) is 24.9 Å². The minimum Gasteiger partial charge on any atom is -0.463 e. The fourth-order valence-electron chi connectivity index (χ4n) is 3.51. The van der Waals surface area contributed by atoms with Gasteiger partial charge in [0.25, 0.3) is 0 Å². The maximum Gasteiger partial charge on any atom is 0.305 e. The van der Waals surface area contributed by atoms with Crippen LogP contribution in [0.15, 0.2) is 0 Å². The van der Waals surface area contributed by atoms with E-state index >= 15 is 0 Å². The molecule has 0 radical (unpaired) electrons. The van der Waals surface area contributed by atoms with Crippen LogP contribution < -0.4 is 0 Å². The Balaban J connectivity index is 3.43. The van der Waals surface area contributed by atoms with Gasteiger partial charge in [-0.2, -0.15) is 0 Å². The van der Waals surface area contributed by atoms with Gasteiger partial charge in [0.05, 0.1) is 6.61 Å². The molecule has 0 amide bonds. The number of hydrogen-bond donors (Lipinski definition) is 3. The topological polar surface area (TPSA) is 96.2 Å². The minimum absolute atomic E-state index is 0.0421. The number of ether oxygens (including phenoxy) is 2. The molecule has 6 nitrogen and oxygen atoms in total. The number of carbonyl (C=O) groups excluding carboxylic acids is 1. The predicted octanol–water partition coefficient (Wildman–Crippen LogP) is 4.91. The Kier molecular flexibility index (Phi) is 22.0. The molecule has 0 aromatic rings. The third-order valence-corrected chi connectivity index (χ3v) is 5.59. The first-order chi connectivity index (χ1) is 15.0. The maximum atomic E-state index is 11.3. The molecule has 0 saturated heterocycles. The summed E-state index contributed by atoms with van der Waals surface area (Å²) < 4.78 is 10.3. The molecule has 0 aliphatic rings. The molecule has 6 heteroatoms. The van der Waals surface area contributed by atoms with Crippen molar-refractivity contribution in [3.63, 3.8) is 0 Å². The van der Waals surface area contributed by atoms with Crippen molar-refractivity contribution in [2.24, 2.45) is 0 Å². The zero-order valence-electron chi connectivity index (χ0n) is 20.2. The first-order valence-corrected chi connectivity index (χ1v) is 12.8.